The van der Waals surface area contributed by atoms with E-state index in [1.165, 1.54) is 212 Å². The minimum atomic E-state index is -1.57. The summed E-state index contributed by atoms with van der Waals surface area (Å²) >= 11 is 0. The van der Waals surface area contributed by atoms with Crippen molar-refractivity contribution in [2.75, 3.05) is 13.2 Å². The summed E-state index contributed by atoms with van der Waals surface area (Å²) in [6.45, 7) is 3.79. The van der Waals surface area contributed by atoms with Gasteiger partial charge in [-0.25, -0.2) is 0 Å². The fraction of sp³-hybridized carbons (Fsp3) is 0.855. The van der Waals surface area contributed by atoms with Crippen LogP contribution in [0.2, 0.25) is 0 Å². The molecule has 0 radical (unpaired) electrons. The molecule has 9 nitrogen and oxygen atoms in total. The van der Waals surface area contributed by atoms with Crippen molar-refractivity contribution >= 4 is 5.91 Å². The maximum Gasteiger partial charge on any atom is 0.220 e. The van der Waals surface area contributed by atoms with Crippen molar-refractivity contribution < 1.29 is 39.8 Å². The van der Waals surface area contributed by atoms with Gasteiger partial charge in [0.2, 0.25) is 5.91 Å². The third-order valence-electron chi connectivity index (χ3n) is 14.4. The van der Waals surface area contributed by atoms with Crippen molar-refractivity contribution in [2.45, 2.75) is 326 Å². The molecule has 1 aliphatic rings. The fourth-order valence-electron chi connectivity index (χ4n) is 9.58. The average Bonchev–Trinajstić information content (AvgIpc) is 3.37. The molecule has 0 saturated carbocycles. The Balaban J connectivity index is 2.19. The Bertz CT molecular complexity index is 1250. The van der Waals surface area contributed by atoms with Crippen LogP contribution in [0.15, 0.2) is 48.6 Å². The summed E-state index contributed by atoms with van der Waals surface area (Å²) in [6.07, 6.45) is 61.8. The Hall–Kier alpha value is -1.85. The first kappa shape index (κ1) is 67.2. The lowest BCUT2D eigenvalue weighted by Crippen LogP contribution is -2.60. The van der Waals surface area contributed by atoms with E-state index in [0.717, 1.165) is 51.4 Å². The lowest BCUT2D eigenvalue weighted by atomic mass is 9.99. The lowest BCUT2D eigenvalue weighted by Gasteiger charge is -2.40. The highest BCUT2D eigenvalue weighted by Gasteiger charge is 2.44. The van der Waals surface area contributed by atoms with E-state index in [0.29, 0.717) is 6.42 Å². The number of hydrogen-bond acceptors (Lipinski definition) is 8. The zero-order valence-electron chi connectivity index (χ0n) is 46.2. The van der Waals surface area contributed by atoms with Crippen LogP contribution in [0.4, 0.5) is 0 Å². The van der Waals surface area contributed by atoms with Gasteiger partial charge in [0, 0.05) is 6.42 Å². The first-order valence-electron chi connectivity index (χ1n) is 30.4. The Morgan fingerprint density at radius 3 is 1.23 bits per heavy atom. The van der Waals surface area contributed by atoms with Crippen LogP contribution < -0.4 is 5.32 Å². The highest BCUT2D eigenvalue weighted by molar-refractivity contribution is 5.76. The number of ether oxygens (including phenoxy) is 2. The molecule has 71 heavy (non-hydrogen) atoms. The predicted octanol–water partition coefficient (Wildman–Crippen LogP) is 15.3. The molecule has 416 valence electrons. The molecule has 1 fully saturated rings. The van der Waals surface area contributed by atoms with Crippen LogP contribution in [-0.4, -0.2) is 87.5 Å². The Kier molecular flexibility index (Phi) is 48.8. The second-order valence-corrected chi connectivity index (χ2v) is 21.1. The molecule has 7 unspecified atom stereocenters. The highest BCUT2D eigenvalue weighted by atomic mass is 16.7. The molecule has 1 aliphatic heterocycles. The van der Waals surface area contributed by atoms with Gasteiger partial charge in [0.1, 0.15) is 24.4 Å². The summed E-state index contributed by atoms with van der Waals surface area (Å²) in [5, 5.41) is 54.6. The van der Waals surface area contributed by atoms with Crippen molar-refractivity contribution in [2.24, 2.45) is 0 Å². The molecule has 0 aromatic heterocycles. The van der Waals surface area contributed by atoms with E-state index in [2.05, 4.69) is 55.6 Å². The van der Waals surface area contributed by atoms with Gasteiger partial charge in [0.05, 0.1) is 25.4 Å². The van der Waals surface area contributed by atoms with Crippen LogP contribution >= 0.6 is 0 Å². The van der Waals surface area contributed by atoms with Gasteiger partial charge in [-0.1, -0.05) is 268 Å². The van der Waals surface area contributed by atoms with Gasteiger partial charge in [-0.05, 0) is 57.8 Å². The molecule has 1 heterocycles. The lowest BCUT2D eigenvalue weighted by molar-refractivity contribution is -0.302. The molecule has 6 N–H and O–H groups in total. The fourth-order valence-corrected chi connectivity index (χ4v) is 9.58. The van der Waals surface area contributed by atoms with Crippen LogP contribution in [0.5, 0.6) is 0 Å². The number of aliphatic hydroxyl groups is 5. The standard InChI is InChI=1S/C62H115NO8/c1-3-5-7-9-11-13-15-17-19-21-23-24-25-26-27-28-29-30-31-32-34-36-38-40-42-44-46-48-50-52-58(66)63-55(54-70-62-61(69)60(68)59(67)57(53-64)71-62)56(65)51-49-47-45-43-41-39-37-35-33-22-20-18-16-14-12-10-8-6-4-2/h15,17,21,23,25-26,49,51,55-57,59-62,64-65,67-69H,3-14,16,18-20,22,24,27-48,50,52-54H2,1-2H3,(H,63,66)/b17-15-,23-21-,26-25-,51-49+. The number of aliphatic hydroxyl groups excluding tert-OH is 5. The van der Waals surface area contributed by atoms with Crippen molar-refractivity contribution in [3.8, 4) is 0 Å². The van der Waals surface area contributed by atoms with E-state index < -0.39 is 49.5 Å². The predicted molar refractivity (Wildman–Crippen MR) is 299 cm³/mol. The zero-order chi connectivity index (χ0) is 51.5. The normalized spacial score (nSPS) is 19.6. The summed E-state index contributed by atoms with van der Waals surface area (Å²) in [6, 6.07) is -0.806. The molecular weight excluding hydrogens is 887 g/mol. The molecule has 7 atom stereocenters. The van der Waals surface area contributed by atoms with Crippen molar-refractivity contribution in [3.63, 3.8) is 0 Å². The highest BCUT2D eigenvalue weighted by Crippen LogP contribution is 2.23. The van der Waals surface area contributed by atoms with Crippen molar-refractivity contribution in [3.05, 3.63) is 48.6 Å². The number of carbonyl (C=O) groups is 1. The molecule has 0 bridgehead atoms. The molecule has 0 aliphatic carbocycles. The molecule has 1 saturated heterocycles. The Morgan fingerprint density at radius 1 is 0.479 bits per heavy atom. The van der Waals surface area contributed by atoms with Gasteiger partial charge in [0.25, 0.3) is 0 Å². The third-order valence-corrected chi connectivity index (χ3v) is 14.4. The minimum absolute atomic E-state index is 0.175. The van der Waals surface area contributed by atoms with E-state index in [-0.39, 0.29) is 12.5 Å². The number of hydrogen-bond donors (Lipinski definition) is 6. The third kappa shape index (κ3) is 41.1. The van der Waals surface area contributed by atoms with E-state index >= 15 is 0 Å². The number of allylic oxidation sites excluding steroid dienone is 7. The van der Waals surface area contributed by atoms with Crippen molar-refractivity contribution in [1.29, 1.82) is 0 Å². The number of amides is 1. The summed E-state index contributed by atoms with van der Waals surface area (Å²) in [7, 11) is 0. The monoisotopic (exact) mass is 1000 g/mol. The molecule has 1 rings (SSSR count). The van der Waals surface area contributed by atoms with Crippen LogP contribution in [0.25, 0.3) is 0 Å². The molecule has 9 heteroatoms. The molecule has 0 spiro atoms. The van der Waals surface area contributed by atoms with Gasteiger partial charge < -0.3 is 40.3 Å². The van der Waals surface area contributed by atoms with Crippen LogP contribution in [-0.2, 0) is 14.3 Å². The first-order chi connectivity index (χ1) is 34.8. The van der Waals surface area contributed by atoms with E-state index in [9.17, 15) is 30.3 Å². The van der Waals surface area contributed by atoms with E-state index in [1.807, 2.05) is 6.08 Å². The van der Waals surface area contributed by atoms with Gasteiger partial charge >= 0.3 is 0 Å². The van der Waals surface area contributed by atoms with Gasteiger partial charge in [-0.2, -0.15) is 0 Å². The van der Waals surface area contributed by atoms with Crippen LogP contribution in [0.1, 0.15) is 284 Å². The molecule has 0 aromatic carbocycles. The second kappa shape index (κ2) is 51.6. The molecular formula is C62H115NO8. The molecule has 1 amide bonds. The summed E-state index contributed by atoms with van der Waals surface area (Å²) < 4.78 is 11.3. The van der Waals surface area contributed by atoms with E-state index in [4.69, 9.17) is 9.47 Å². The van der Waals surface area contributed by atoms with Gasteiger partial charge in [0.15, 0.2) is 6.29 Å². The minimum Gasteiger partial charge on any atom is -0.394 e. The smallest absolute Gasteiger partial charge is 0.220 e. The number of nitrogens with one attached hydrogen (secondary N) is 1. The second-order valence-electron chi connectivity index (χ2n) is 21.1. The van der Waals surface area contributed by atoms with Gasteiger partial charge in [-0.3, -0.25) is 4.79 Å². The number of carbonyl (C=O) groups excluding carboxylic acids is 1. The maximum atomic E-state index is 13.1. The summed E-state index contributed by atoms with van der Waals surface area (Å²) in [5.41, 5.74) is 0. The average molecular weight is 1000 g/mol. The van der Waals surface area contributed by atoms with Crippen LogP contribution in [0.3, 0.4) is 0 Å². The summed E-state index contributed by atoms with van der Waals surface area (Å²) in [4.78, 5) is 13.1. The topological polar surface area (TPSA) is 149 Å². The van der Waals surface area contributed by atoms with Gasteiger partial charge in [-0.15, -0.1) is 0 Å². The summed E-state index contributed by atoms with van der Waals surface area (Å²) in [5.74, 6) is -0.175. The maximum absolute atomic E-state index is 13.1. The van der Waals surface area contributed by atoms with Crippen molar-refractivity contribution in [1.82, 2.24) is 5.32 Å². The largest absolute Gasteiger partial charge is 0.394 e. The first-order valence-corrected chi connectivity index (χ1v) is 30.4. The quantitative estimate of drug-likeness (QED) is 0.0261. The SMILES string of the molecule is CCCCCCC/C=C\C/C=C\C/C=C\CCCCCCCCCCCCCCCCC(=O)NC(COC1OC(CO)C(O)C(O)C1O)C(O)/C=C/CCCCCCCCCCCCCCCCCCC. The van der Waals surface area contributed by atoms with Crippen LogP contribution in [0, 0.1) is 0 Å². The Morgan fingerprint density at radius 2 is 0.831 bits per heavy atom. The Labute approximate surface area is 437 Å². The van der Waals surface area contributed by atoms with E-state index in [1.54, 1.807) is 6.08 Å². The number of rotatable bonds is 52. The molecule has 0 aromatic rings. The zero-order valence-corrected chi connectivity index (χ0v) is 46.2. The number of unbranched alkanes of at least 4 members (excludes halogenated alkanes) is 36.